The highest BCUT2D eigenvalue weighted by atomic mass is 16.7. The molecular formula is C14H28N2O4. The molecule has 0 bridgehead atoms. The van der Waals surface area contributed by atoms with Crippen molar-refractivity contribution < 1.29 is 19.5 Å². The van der Waals surface area contributed by atoms with Gasteiger partial charge in [-0.2, -0.15) is 0 Å². The molecule has 2 N–H and O–H groups in total. The van der Waals surface area contributed by atoms with E-state index < -0.39 is 6.10 Å². The number of hydrogen-bond acceptors (Lipinski definition) is 6. The van der Waals surface area contributed by atoms with Crippen molar-refractivity contribution in [2.75, 3.05) is 33.4 Å². The first-order valence-electron chi connectivity index (χ1n) is 7.43. The second-order valence-corrected chi connectivity index (χ2v) is 5.44. The number of likely N-dealkylation sites (N-methyl/N-ethyl adjacent to an activating group) is 1. The first-order valence-corrected chi connectivity index (χ1v) is 7.43. The Morgan fingerprint density at radius 3 is 2.65 bits per heavy atom. The lowest BCUT2D eigenvalue weighted by Crippen LogP contribution is -2.39. The summed E-state index contributed by atoms with van der Waals surface area (Å²) in [5, 5.41) is 14.7. The van der Waals surface area contributed by atoms with Crippen LogP contribution >= 0.6 is 0 Å². The average Bonchev–Trinajstić information content (AvgIpc) is 2.46. The van der Waals surface area contributed by atoms with Gasteiger partial charge in [-0.3, -0.25) is 4.79 Å². The number of nitrogens with one attached hydrogen (secondary N) is 1. The largest absolute Gasteiger partial charge is 0.391 e. The Kier molecular flexibility index (Phi) is 8.06. The molecule has 1 rings (SSSR count). The van der Waals surface area contributed by atoms with Crippen LogP contribution in [0.3, 0.4) is 0 Å². The molecule has 1 aliphatic rings. The molecule has 0 amide bonds. The number of aliphatic hydroxyl groups excluding tert-OH is 1. The molecule has 6 nitrogen and oxygen atoms in total. The number of nitrogens with zero attached hydrogens (tertiary/aromatic N) is 1. The summed E-state index contributed by atoms with van der Waals surface area (Å²) in [6.07, 6.45) is 1.54. The molecule has 0 aromatic rings. The lowest BCUT2D eigenvalue weighted by Gasteiger charge is -2.26. The highest BCUT2D eigenvalue weighted by molar-refractivity contribution is 5.68. The summed E-state index contributed by atoms with van der Waals surface area (Å²) in [6.45, 7) is 6.46. The fourth-order valence-electron chi connectivity index (χ4n) is 2.23. The van der Waals surface area contributed by atoms with Crippen molar-refractivity contribution in [1.29, 1.82) is 0 Å². The quantitative estimate of drug-likeness (QED) is 0.680. The zero-order valence-corrected chi connectivity index (χ0v) is 12.8. The molecule has 1 aliphatic heterocycles. The van der Waals surface area contributed by atoms with Gasteiger partial charge in [0.15, 0.2) is 0 Å². The van der Waals surface area contributed by atoms with Gasteiger partial charge in [-0.15, -0.1) is 5.06 Å². The number of morpholine rings is 1. The van der Waals surface area contributed by atoms with Crippen molar-refractivity contribution in [3.05, 3.63) is 0 Å². The van der Waals surface area contributed by atoms with Gasteiger partial charge in [-0.1, -0.05) is 6.92 Å². The van der Waals surface area contributed by atoms with Crippen molar-refractivity contribution >= 4 is 5.97 Å². The number of hydrogen-bond donors (Lipinski definition) is 2. The molecule has 20 heavy (non-hydrogen) atoms. The molecule has 0 aromatic heterocycles. The fourth-order valence-corrected chi connectivity index (χ4v) is 2.23. The van der Waals surface area contributed by atoms with Crippen molar-refractivity contribution in [3.8, 4) is 0 Å². The zero-order valence-electron chi connectivity index (χ0n) is 12.8. The number of hydroxylamine groups is 2. The van der Waals surface area contributed by atoms with Crippen molar-refractivity contribution in [3.63, 3.8) is 0 Å². The molecule has 118 valence electrons. The van der Waals surface area contributed by atoms with E-state index in [4.69, 9.17) is 9.57 Å². The van der Waals surface area contributed by atoms with Gasteiger partial charge in [-0.25, -0.2) is 0 Å². The fraction of sp³-hybridized carbons (Fsp3) is 0.929. The molecule has 1 heterocycles. The molecular weight excluding hydrogens is 260 g/mol. The molecule has 3 atom stereocenters. The smallest absolute Gasteiger partial charge is 0.325 e. The third-order valence-electron chi connectivity index (χ3n) is 3.79. The maximum atomic E-state index is 11.7. The summed E-state index contributed by atoms with van der Waals surface area (Å²) < 4.78 is 5.19. The van der Waals surface area contributed by atoms with Crippen LogP contribution in [0.4, 0.5) is 0 Å². The lowest BCUT2D eigenvalue weighted by molar-refractivity contribution is -0.205. The van der Waals surface area contributed by atoms with Crippen molar-refractivity contribution in [2.24, 2.45) is 5.92 Å². The summed E-state index contributed by atoms with van der Waals surface area (Å²) in [7, 11) is 1.83. The maximum absolute atomic E-state index is 11.7. The highest BCUT2D eigenvalue weighted by Gasteiger charge is 2.20. The van der Waals surface area contributed by atoms with Crippen LogP contribution in [0.2, 0.25) is 0 Å². The van der Waals surface area contributed by atoms with Crippen LogP contribution in [0, 0.1) is 5.92 Å². The Balaban J connectivity index is 2.14. The van der Waals surface area contributed by atoms with E-state index in [-0.39, 0.29) is 17.9 Å². The standard InChI is InChI=1S/C14H28N2O4/c1-11(14(18)12(2)15-3)5-4-6-13(17)20-16-7-9-19-10-8-16/h11-12,14-15,18H,4-10H2,1-3H3. The molecule has 0 saturated carbocycles. The van der Waals surface area contributed by atoms with Crippen LogP contribution in [0.25, 0.3) is 0 Å². The van der Waals surface area contributed by atoms with E-state index in [1.54, 1.807) is 5.06 Å². The molecule has 1 saturated heterocycles. The second kappa shape index (κ2) is 9.28. The van der Waals surface area contributed by atoms with E-state index >= 15 is 0 Å². The van der Waals surface area contributed by atoms with Gasteiger partial charge in [0.1, 0.15) is 0 Å². The van der Waals surface area contributed by atoms with Gasteiger partial charge in [0.25, 0.3) is 0 Å². The van der Waals surface area contributed by atoms with E-state index in [1.807, 2.05) is 20.9 Å². The Bertz CT molecular complexity index is 282. The summed E-state index contributed by atoms with van der Waals surface area (Å²) >= 11 is 0. The Morgan fingerprint density at radius 2 is 2.05 bits per heavy atom. The SMILES string of the molecule is CNC(C)C(O)C(C)CCCC(=O)ON1CCOCC1. The van der Waals surface area contributed by atoms with Crippen molar-refractivity contribution in [1.82, 2.24) is 10.4 Å². The monoisotopic (exact) mass is 288 g/mol. The minimum Gasteiger partial charge on any atom is -0.391 e. The van der Waals surface area contributed by atoms with E-state index in [2.05, 4.69) is 5.32 Å². The van der Waals surface area contributed by atoms with Gasteiger partial charge in [0, 0.05) is 12.5 Å². The van der Waals surface area contributed by atoms with Gasteiger partial charge >= 0.3 is 5.97 Å². The average molecular weight is 288 g/mol. The summed E-state index contributed by atoms with van der Waals surface area (Å²) in [4.78, 5) is 16.9. The van der Waals surface area contributed by atoms with E-state index in [0.717, 1.165) is 12.8 Å². The van der Waals surface area contributed by atoms with Crippen LogP contribution in [-0.2, 0) is 14.4 Å². The maximum Gasteiger partial charge on any atom is 0.325 e. The van der Waals surface area contributed by atoms with Crippen LogP contribution in [0.5, 0.6) is 0 Å². The topological polar surface area (TPSA) is 71.0 Å². The third-order valence-corrected chi connectivity index (χ3v) is 3.79. The van der Waals surface area contributed by atoms with E-state index in [0.29, 0.717) is 32.7 Å². The van der Waals surface area contributed by atoms with Gasteiger partial charge in [0.2, 0.25) is 0 Å². The molecule has 6 heteroatoms. The Hall–Kier alpha value is -0.690. The summed E-state index contributed by atoms with van der Waals surface area (Å²) in [5.41, 5.74) is 0. The zero-order chi connectivity index (χ0) is 15.0. The van der Waals surface area contributed by atoms with Gasteiger partial charge < -0.3 is 20.0 Å². The first-order chi connectivity index (χ1) is 9.54. The molecule has 3 unspecified atom stereocenters. The first kappa shape index (κ1) is 17.4. The number of rotatable bonds is 8. The highest BCUT2D eigenvalue weighted by Crippen LogP contribution is 2.15. The predicted molar refractivity (Wildman–Crippen MR) is 76.0 cm³/mol. The number of aliphatic hydroxyl groups is 1. The molecule has 1 fully saturated rings. The predicted octanol–water partition coefficient (Wildman–Crippen LogP) is 0.552. The Labute approximate surface area is 121 Å². The number of carbonyl (C=O) groups is 1. The van der Waals surface area contributed by atoms with E-state index in [9.17, 15) is 9.90 Å². The molecule has 0 aromatic carbocycles. The third kappa shape index (κ3) is 6.17. The van der Waals surface area contributed by atoms with Crippen LogP contribution < -0.4 is 5.32 Å². The molecule has 0 aliphatic carbocycles. The second-order valence-electron chi connectivity index (χ2n) is 5.44. The van der Waals surface area contributed by atoms with Crippen LogP contribution in [0.1, 0.15) is 33.1 Å². The molecule has 0 radical (unpaired) electrons. The molecule has 0 spiro atoms. The van der Waals surface area contributed by atoms with Crippen LogP contribution in [-0.4, -0.2) is 61.6 Å². The van der Waals surface area contributed by atoms with Crippen molar-refractivity contribution in [2.45, 2.75) is 45.3 Å². The van der Waals surface area contributed by atoms with E-state index in [1.165, 1.54) is 0 Å². The van der Waals surface area contributed by atoms with Gasteiger partial charge in [0.05, 0.1) is 32.4 Å². The minimum atomic E-state index is -0.393. The number of ether oxygens (including phenoxy) is 1. The normalized spacial score (nSPS) is 21.2. The van der Waals surface area contributed by atoms with Crippen LogP contribution in [0.15, 0.2) is 0 Å². The Morgan fingerprint density at radius 1 is 1.40 bits per heavy atom. The lowest BCUT2D eigenvalue weighted by atomic mass is 9.94. The van der Waals surface area contributed by atoms with Gasteiger partial charge in [-0.05, 0) is 32.7 Å². The minimum absolute atomic E-state index is 0.0605. The number of carbonyl (C=O) groups excluding carboxylic acids is 1. The summed E-state index contributed by atoms with van der Waals surface area (Å²) in [5.74, 6) is -0.0381. The summed E-state index contributed by atoms with van der Waals surface area (Å²) in [6, 6.07) is 0.0605.